The van der Waals surface area contributed by atoms with Crippen molar-refractivity contribution in [2.75, 3.05) is 20.1 Å². The Balaban J connectivity index is 1.99. The molecule has 1 N–H and O–H groups in total. The lowest BCUT2D eigenvalue weighted by molar-refractivity contribution is -0.137. The number of rotatable bonds is 7. The highest BCUT2D eigenvalue weighted by Gasteiger charge is 2.44. The largest absolute Gasteiger partial charge is 0.481 e. The van der Waals surface area contributed by atoms with E-state index < -0.39 is 5.97 Å². The first-order chi connectivity index (χ1) is 12.8. The molecular weight excluding hydrogens is 381 g/mol. The number of halogens is 2. The van der Waals surface area contributed by atoms with E-state index in [4.69, 9.17) is 28.3 Å². The van der Waals surface area contributed by atoms with Crippen LogP contribution in [0.5, 0.6) is 0 Å². The Morgan fingerprint density at radius 2 is 1.85 bits per heavy atom. The maximum atomic E-state index is 10.9. The molecule has 0 saturated heterocycles. The molecule has 0 aromatic heterocycles. The van der Waals surface area contributed by atoms with Gasteiger partial charge in [-0.05, 0) is 66.8 Å². The summed E-state index contributed by atoms with van der Waals surface area (Å²) in [5.74, 6) is -0.475. The molecule has 27 heavy (non-hydrogen) atoms. The molecule has 0 heterocycles. The number of benzene rings is 2. The fourth-order valence-electron chi connectivity index (χ4n) is 4.49. The highest BCUT2D eigenvalue weighted by molar-refractivity contribution is 6.31. The van der Waals surface area contributed by atoms with E-state index >= 15 is 0 Å². The third kappa shape index (κ3) is 4.16. The molecule has 2 atom stereocenters. The van der Waals surface area contributed by atoms with Gasteiger partial charge < -0.3 is 10.0 Å². The van der Waals surface area contributed by atoms with Gasteiger partial charge in [0.05, 0.1) is 6.42 Å². The number of hydrogen-bond donors (Lipinski definition) is 1. The molecule has 0 unspecified atom stereocenters. The number of hydrogen-bond acceptors (Lipinski definition) is 2. The van der Waals surface area contributed by atoms with Gasteiger partial charge in [-0.2, -0.15) is 0 Å². The van der Waals surface area contributed by atoms with E-state index in [9.17, 15) is 4.79 Å². The molecule has 5 heteroatoms. The first kappa shape index (κ1) is 20.2. The molecule has 2 aromatic carbocycles. The maximum Gasteiger partial charge on any atom is 0.304 e. The standard InChI is InChI=1S/C22H25Cl2NO2/c1-15(14-25(2)12-10-21(26)27)22(17-4-7-18(23)8-5-17)11-9-16-3-6-19(24)13-20(16)22/h3-8,13,15H,9-12,14H2,1-2H3,(H,26,27)/t15-,22+/m0/s1. The average molecular weight is 406 g/mol. The molecule has 0 aliphatic heterocycles. The number of fused-ring (bicyclic) bond motifs is 1. The second-order valence-corrected chi connectivity index (χ2v) is 8.46. The molecule has 0 spiro atoms. The summed E-state index contributed by atoms with van der Waals surface area (Å²) in [6.45, 7) is 3.60. The zero-order valence-electron chi connectivity index (χ0n) is 15.7. The van der Waals surface area contributed by atoms with Gasteiger partial charge in [-0.3, -0.25) is 4.79 Å². The van der Waals surface area contributed by atoms with Gasteiger partial charge in [0.25, 0.3) is 0 Å². The average Bonchev–Trinajstić information content (AvgIpc) is 3.00. The number of carbonyl (C=O) groups is 1. The summed E-state index contributed by atoms with van der Waals surface area (Å²) in [6.07, 6.45) is 2.18. The summed E-state index contributed by atoms with van der Waals surface area (Å²) in [5.41, 5.74) is 3.72. The number of aryl methyl sites for hydroxylation is 1. The van der Waals surface area contributed by atoms with Crippen LogP contribution in [0.15, 0.2) is 42.5 Å². The van der Waals surface area contributed by atoms with E-state index in [0.717, 1.165) is 29.4 Å². The summed E-state index contributed by atoms with van der Waals surface area (Å²) in [5, 5.41) is 10.4. The molecule has 144 valence electrons. The number of aliphatic carboxylic acids is 1. The van der Waals surface area contributed by atoms with E-state index in [1.54, 1.807) is 0 Å². The molecule has 1 aliphatic carbocycles. The van der Waals surface area contributed by atoms with Crippen LogP contribution >= 0.6 is 23.2 Å². The molecule has 2 aromatic rings. The van der Waals surface area contributed by atoms with Crippen LogP contribution in [0.1, 0.15) is 36.5 Å². The zero-order valence-corrected chi connectivity index (χ0v) is 17.2. The highest BCUT2D eigenvalue weighted by atomic mass is 35.5. The zero-order chi connectivity index (χ0) is 19.6. The molecule has 0 bridgehead atoms. The molecule has 1 aliphatic rings. The van der Waals surface area contributed by atoms with Crippen molar-refractivity contribution >= 4 is 29.2 Å². The van der Waals surface area contributed by atoms with E-state index in [1.807, 2.05) is 25.2 Å². The van der Waals surface area contributed by atoms with Gasteiger partial charge in [0.2, 0.25) is 0 Å². The monoisotopic (exact) mass is 405 g/mol. The summed E-state index contributed by atoms with van der Waals surface area (Å²) in [6, 6.07) is 14.3. The Labute approximate surface area is 170 Å². The third-order valence-corrected chi connectivity index (χ3v) is 6.32. The minimum Gasteiger partial charge on any atom is -0.481 e. The summed E-state index contributed by atoms with van der Waals surface area (Å²) in [7, 11) is 1.99. The first-order valence-corrected chi connectivity index (χ1v) is 10.0. The Bertz CT molecular complexity index is 822. The van der Waals surface area contributed by atoms with Crippen molar-refractivity contribution in [3.05, 3.63) is 69.2 Å². The summed E-state index contributed by atoms with van der Waals surface area (Å²) >= 11 is 12.5. The van der Waals surface area contributed by atoms with Gasteiger partial charge in [-0.25, -0.2) is 0 Å². The maximum absolute atomic E-state index is 10.9. The minimum atomic E-state index is -0.764. The van der Waals surface area contributed by atoms with Gasteiger partial charge in [-0.15, -0.1) is 0 Å². The van der Waals surface area contributed by atoms with Crippen molar-refractivity contribution < 1.29 is 9.90 Å². The molecule has 0 amide bonds. The molecule has 0 saturated carbocycles. The van der Waals surface area contributed by atoms with Gasteiger partial charge in [-0.1, -0.05) is 48.3 Å². The Kier molecular flexibility index (Phi) is 6.15. The Hall–Kier alpha value is -1.55. The molecular formula is C22H25Cl2NO2. The van der Waals surface area contributed by atoms with Gasteiger partial charge >= 0.3 is 5.97 Å². The fourth-order valence-corrected chi connectivity index (χ4v) is 4.79. The lowest BCUT2D eigenvalue weighted by Crippen LogP contribution is -2.40. The fraction of sp³-hybridized carbons (Fsp3) is 0.409. The van der Waals surface area contributed by atoms with Crippen LogP contribution in [0.2, 0.25) is 10.0 Å². The highest BCUT2D eigenvalue weighted by Crippen LogP contribution is 2.50. The van der Waals surface area contributed by atoms with Crippen molar-refractivity contribution in [2.45, 2.75) is 31.6 Å². The van der Waals surface area contributed by atoms with Crippen molar-refractivity contribution in [3.63, 3.8) is 0 Å². The number of nitrogens with zero attached hydrogens (tertiary/aromatic N) is 1. The number of carboxylic acid groups (broad SMARTS) is 1. The van der Waals surface area contributed by atoms with Crippen molar-refractivity contribution in [1.29, 1.82) is 0 Å². The predicted molar refractivity (Wildman–Crippen MR) is 111 cm³/mol. The van der Waals surface area contributed by atoms with E-state index in [1.165, 1.54) is 16.7 Å². The first-order valence-electron chi connectivity index (χ1n) is 9.28. The minimum absolute atomic E-state index is 0.150. The van der Waals surface area contributed by atoms with Crippen LogP contribution in [0.4, 0.5) is 0 Å². The lowest BCUT2D eigenvalue weighted by atomic mass is 9.67. The van der Waals surface area contributed by atoms with E-state index in [0.29, 0.717) is 6.54 Å². The van der Waals surface area contributed by atoms with Crippen LogP contribution in [0.3, 0.4) is 0 Å². The summed E-state index contributed by atoms with van der Waals surface area (Å²) in [4.78, 5) is 13.0. The van der Waals surface area contributed by atoms with E-state index in [-0.39, 0.29) is 17.8 Å². The Morgan fingerprint density at radius 1 is 1.19 bits per heavy atom. The van der Waals surface area contributed by atoms with Crippen molar-refractivity contribution in [1.82, 2.24) is 4.90 Å². The molecule has 0 radical (unpaired) electrons. The summed E-state index contributed by atoms with van der Waals surface area (Å²) < 4.78 is 0. The van der Waals surface area contributed by atoms with Crippen molar-refractivity contribution in [2.24, 2.45) is 5.92 Å². The molecule has 0 fully saturated rings. The van der Waals surface area contributed by atoms with E-state index in [2.05, 4.69) is 36.1 Å². The molecule has 3 nitrogen and oxygen atoms in total. The smallest absolute Gasteiger partial charge is 0.304 e. The van der Waals surface area contributed by atoms with Crippen LogP contribution in [0, 0.1) is 5.92 Å². The second-order valence-electron chi connectivity index (χ2n) is 7.59. The van der Waals surface area contributed by atoms with Gasteiger partial charge in [0.15, 0.2) is 0 Å². The third-order valence-electron chi connectivity index (χ3n) is 5.83. The quantitative estimate of drug-likeness (QED) is 0.681. The predicted octanol–water partition coefficient (Wildman–Crippen LogP) is 5.27. The SMILES string of the molecule is C[C@@H](CN(C)CCC(=O)O)[C@@]1(c2ccc(Cl)cc2)CCc2ccc(Cl)cc21. The van der Waals surface area contributed by atoms with Gasteiger partial charge in [0.1, 0.15) is 0 Å². The second kappa shape index (κ2) is 8.22. The Morgan fingerprint density at radius 3 is 2.52 bits per heavy atom. The normalized spacial score (nSPS) is 19.9. The van der Waals surface area contributed by atoms with Crippen LogP contribution in [0.25, 0.3) is 0 Å². The number of carboxylic acids is 1. The molecule has 3 rings (SSSR count). The topological polar surface area (TPSA) is 40.5 Å². The lowest BCUT2D eigenvalue weighted by Gasteiger charge is -2.39. The van der Waals surface area contributed by atoms with Crippen LogP contribution < -0.4 is 0 Å². The van der Waals surface area contributed by atoms with Crippen LogP contribution in [-0.4, -0.2) is 36.1 Å². The van der Waals surface area contributed by atoms with Gasteiger partial charge in [0, 0.05) is 28.5 Å². The van der Waals surface area contributed by atoms with Crippen LogP contribution in [-0.2, 0) is 16.6 Å². The van der Waals surface area contributed by atoms with Crippen molar-refractivity contribution in [3.8, 4) is 0 Å².